The van der Waals surface area contributed by atoms with E-state index in [9.17, 15) is 17.9 Å². The fraction of sp³-hybridized carbons (Fsp3) is 0.500. The topological polar surface area (TPSA) is 57.6 Å². The van der Waals surface area contributed by atoms with Gasteiger partial charge in [0, 0.05) is 35.6 Å². The summed E-state index contributed by atoms with van der Waals surface area (Å²) in [4.78, 5) is 1.68. The Balaban J connectivity index is 2.46. The van der Waals surface area contributed by atoms with E-state index in [0.717, 1.165) is 5.75 Å². The van der Waals surface area contributed by atoms with Crippen LogP contribution in [0.15, 0.2) is 18.2 Å². The van der Waals surface area contributed by atoms with E-state index in [4.69, 9.17) is 0 Å². The van der Waals surface area contributed by atoms with Crippen LogP contribution in [0.4, 0.5) is 10.1 Å². The Kier molecular flexibility index (Phi) is 4.37. The molecule has 106 valence electrons. The van der Waals surface area contributed by atoms with Crippen LogP contribution in [0, 0.1) is 5.82 Å². The summed E-state index contributed by atoms with van der Waals surface area (Å²) in [5, 5.41) is 8.63. The van der Waals surface area contributed by atoms with Gasteiger partial charge in [-0.2, -0.15) is 11.8 Å². The Morgan fingerprint density at radius 3 is 2.89 bits per heavy atom. The van der Waals surface area contributed by atoms with Gasteiger partial charge in [-0.3, -0.25) is 0 Å². The predicted molar refractivity (Wildman–Crippen MR) is 75.6 cm³/mol. The maximum atomic E-state index is 13.7. The van der Waals surface area contributed by atoms with Crippen LogP contribution in [0.3, 0.4) is 0 Å². The molecule has 4 nitrogen and oxygen atoms in total. The predicted octanol–water partition coefficient (Wildman–Crippen LogP) is 1.24. The lowest BCUT2D eigenvalue weighted by Crippen LogP contribution is -2.47. The van der Waals surface area contributed by atoms with Crippen LogP contribution in [-0.2, 0) is 16.4 Å². The van der Waals surface area contributed by atoms with Crippen molar-refractivity contribution in [2.24, 2.45) is 0 Å². The first-order valence-electron chi connectivity index (χ1n) is 5.86. The molecular weight excluding hydrogens is 289 g/mol. The molecule has 0 aromatic heterocycles. The molecule has 0 saturated carbocycles. The van der Waals surface area contributed by atoms with E-state index in [0.29, 0.717) is 18.0 Å². The lowest BCUT2D eigenvalue weighted by Gasteiger charge is -2.36. The molecule has 0 aliphatic carbocycles. The van der Waals surface area contributed by atoms with Gasteiger partial charge in [-0.05, 0) is 12.1 Å². The van der Waals surface area contributed by atoms with Gasteiger partial charge in [-0.15, -0.1) is 0 Å². The molecule has 1 atom stereocenters. The first-order chi connectivity index (χ1) is 8.95. The highest BCUT2D eigenvalue weighted by Gasteiger charge is 2.32. The average molecular weight is 305 g/mol. The number of hydrogen-bond donors (Lipinski definition) is 1. The molecule has 2 rings (SSSR count). The van der Waals surface area contributed by atoms with Crippen molar-refractivity contribution in [2.75, 3.05) is 29.2 Å². The maximum Gasteiger partial charge on any atom is 0.169 e. The summed E-state index contributed by atoms with van der Waals surface area (Å²) >= 11 is 1.57. The number of aliphatic hydroxyl groups excluding tert-OH is 1. The number of anilines is 1. The third kappa shape index (κ3) is 3.04. The molecule has 1 aromatic rings. The SMILES string of the molecule is CS(=O)(=O)C1CSCCN1c1cccc(F)c1CO. The zero-order valence-electron chi connectivity index (χ0n) is 10.5. The third-order valence-corrected chi connectivity index (χ3v) is 5.78. The molecule has 0 bridgehead atoms. The summed E-state index contributed by atoms with van der Waals surface area (Å²) < 4.78 is 37.4. The van der Waals surface area contributed by atoms with Crippen molar-refractivity contribution in [1.82, 2.24) is 0 Å². The van der Waals surface area contributed by atoms with Crippen LogP contribution >= 0.6 is 11.8 Å². The van der Waals surface area contributed by atoms with Gasteiger partial charge in [0.05, 0.1) is 6.61 Å². The Bertz CT molecular complexity index is 562. The van der Waals surface area contributed by atoms with Gasteiger partial charge in [0.15, 0.2) is 9.84 Å². The number of rotatable bonds is 3. The Morgan fingerprint density at radius 2 is 2.26 bits per heavy atom. The second-order valence-corrected chi connectivity index (χ2v) is 7.80. The van der Waals surface area contributed by atoms with Crippen LogP contribution in [0.2, 0.25) is 0 Å². The Labute approximate surface area is 116 Å². The van der Waals surface area contributed by atoms with Gasteiger partial charge < -0.3 is 10.0 Å². The van der Waals surface area contributed by atoms with Crippen molar-refractivity contribution in [2.45, 2.75) is 12.0 Å². The average Bonchev–Trinajstić information content (AvgIpc) is 2.37. The highest BCUT2D eigenvalue weighted by atomic mass is 32.2. The minimum atomic E-state index is -3.26. The molecule has 0 spiro atoms. The Morgan fingerprint density at radius 1 is 1.53 bits per heavy atom. The lowest BCUT2D eigenvalue weighted by molar-refractivity contribution is 0.276. The van der Waals surface area contributed by atoms with Crippen molar-refractivity contribution in [3.05, 3.63) is 29.6 Å². The normalized spacial score (nSPS) is 20.6. The maximum absolute atomic E-state index is 13.7. The van der Waals surface area contributed by atoms with Crippen LogP contribution in [-0.4, -0.2) is 43.2 Å². The second-order valence-electron chi connectivity index (χ2n) is 4.45. The summed E-state index contributed by atoms with van der Waals surface area (Å²) in [6.45, 7) is 0.0843. The third-order valence-electron chi connectivity index (χ3n) is 3.14. The van der Waals surface area contributed by atoms with E-state index in [1.54, 1.807) is 22.7 Å². The fourth-order valence-corrected chi connectivity index (χ4v) is 5.02. The molecule has 1 unspecified atom stereocenters. The van der Waals surface area contributed by atoms with E-state index in [-0.39, 0.29) is 5.56 Å². The molecule has 1 aliphatic heterocycles. The van der Waals surface area contributed by atoms with Gasteiger partial charge in [0.1, 0.15) is 11.2 Å². The molecule has 1 fully saturated rings. The molecule has 1 N–H and O–H groups in total. The van der Waals surface area contributed by atoms with Gasteiger partial charge in [-0.1, -0.05) is 6.07 Å². The van der Waals surface area contributed by atoms with E-state index in [1.807, 2.05) is 0 Å². The molecule has 7 heteroatoms. The molecule has 0 radical (unpaired) electrons. The molecular formula is C12H16FNO3S2. The summed E-state index contributed by atoms with van der Waals surface area (Å²) in [5.41, 5.74) is 0.626. The number of aliphatic hydroxyl groups is 1. The minimum Gasteiger partial charge on any atom is -0.391 e. The van der Waals surface area contributed by atoms with Crippen LogP contribution in [0.5, 0.6) is 0 Å². The number of nitrogens with zero attached hydrogens (tertiary/aromatic N) is 1. The second kappa shape index (κ2) is 5.68. The molecule has 1 saturated heterocycles. The summed E-state index contributed by atoms with van der Waals surface area (Å²) in [6, 6.07) is 4.46. The van der Waals surface area contributed by atoms with Crippen molar-refractivity contribution in [3.63, 3.8) is 0 Å². The van der Waals surface area contributed by atoms with Gasteiger partial charge in [-0.25, -0.2) is 12.8 Å². The molecule has 1 aliphatic rings. The number of hydrogen-bond acceptors (Lipinski definition) is 5. The molecule has 19 heavy (non-hydrogen) atoms. The van der Waals surface area contributed by atoms with Crippen molar-refractivity contribution >= 4 is 27.3 Å². The largest absolute Gasteiger partial charge is 0.391 e. The standard InChI is InChI=1S/C12H16FNO3S2/c1-19(16,17)12-8-18-6-5-14(12)11-4-2-3-10(13)9(11)7-15/h2-4,12,15H,5-8H2,1H3. The number of benzene rings is 1. The van der Waals surface area contributed by atoms with Crippen LogP contribution in [0.1, 0.15) is 5.56 Å². The van der Waals surface area contributed by atoms with Gasteiger partial charge in [0.25, 0.3) is 0 Å². The highest BCUT2D eigenvalue weighted by molar-refractivity contribution is 8.01. The lowest BCUT2D eigenvalue weighted by atomic mass is 10.1. The fourth-order valence-electron chi connectivity index (χ4n) is 2.18. The molecule has 0 amide bonds. The zero-order valence-corrected chi connectivity index (χ0v) is 12.2. The quantitative estimate of drug-likeness (QED) is 0.910. The van der Waals surface area contributed by atoms with Gasteiger partial charge >= 0.3 is 0 Å². The number of sulfone groups is 1. The van der Waals surface area contributed by atoms with E-state index in [1.165, 1.54) is 18.4 Å². The summed E-state index contributed by atoms with van der Waals surface area (Å²) in [5.74, 6) is 0.735. The zero-order chi connectivity index (χ0) is 14.0. The van der Waals surface area contributed by atoms with Crippen molar-refractivity contribution < 1.29 is 17.9 Å². The van der Waals surface area contributed by atoms with Crippen LogP contribution in [0.25, 0.3) is 0 Å². The van der Waals surface area contributed by atoms with E-state index in [2.05, 4.69) is 0 Å². The first kappa shape index (κ1) is 14.6. The number of thioether (sulfide) groups is 1. The monoisotopic (exact) mass is 305 g/mol. The summed E-state index contributed by atoms with van der Waals surface area (Å²) in [7, 11) is -3.26. The minimum absolute atomic E-state index is 0.156. The summed E-state index contributed by atoms with van der Waals surface area (Å²) in [6.07, 6.45) is 1.19. The highest BCUT2D eigenvalue weighted by Crippen LogP contribution is 2.30. The van der Waals surface area contributed by atoms with Crippen LogP contribution < -0.4 is 4.90 Å². The van der Waals surface area contributed by atoms with Crippen molar-refractivity contribution in [1.29, 1.82) is 0 Å². The van der Waals surface area contributed by atoms with Gasteiger partial charge in [0.2, 0.25) is 0 Å². The first-order valence-corrected chi connectivity index (χ1v) is 8.97. The molecule has 1 heterocycles. The Hall–Kier alpha value is -0.790. The van der Waals surface area contributed by atoms with E-state index < -0.39 is 27.6 Å². The van der Waals surface area contributed by atoms with Crippen molar-refractivity contribution in [3.8, 4) is 0 Å². The smallest absolute Gasteiger partial charge is 0.169 e. The molecule has 1 aromatic carbocycles. The number of halogens is 1. The van der Waals surface area contributed by atoms with E-state index >= 15 is 0 Å².